The van der Waals surface area contributed by atoms with E-state index in [0.717, 1.165) is 19.5 Å². The van der Waals surface area contributed by atoms with Crippen molar-refractivity contribution < 1.29 is 13.9 Å². The van der Waals surface area contributed by atoms with E-state index in [4.69, 9.17) is 4.74 Å². The number of anilines is 1. The minimum Gasteiger partial charge on any atom is -0.447 e. The fourth-order valence-corrected chi connectivity index (χ4v) is 2.71. The van der Waals surface area contributed by atoms with Crippen molar-refractivity contribution in [2.75, 3.05) is 24.6 Å². The first kappa shape index (κ1) is 11.5. The zero-order valence-electron chi connectivity index (χ0n) is 9.93. The third-order valence-electron chi connectivity index (χ3n) is 3.66. The predicted molar refractivity (Wildman–Crippen MR) is 65.0 cm³/mol. The van der Waals surface area contributed by atoms with Crippen LogP contribution >= 0.6 is 0 Å². The first-order chi connectivity index (χ1) is 8.77. The first-order valence-electron chi connectivity index (χ1n) is 6.18. The molecular weight excluding hydrogens is 235 g/mol. The number of para-hydroxylation sites is 1. The number of halogens is 1. The Kier molecular flexibility index (Phi) is 2.91. The number of rotatable bonds is 2. The second kappa shape index (κ2) is 4.57. The lowest BCUT2D eigenvalue weighted by molar-refractivity contribution is 0.176. The summed E-state index contributed by atoms with van der Waals surface area (Å²) in [5, 5.41) is 3.26. The van der Waals surface area contributed by atoms with Gasteiger partial charge in [-0.2, -0.15) is 0 Å². The van der Waals surface area contributed by atoms with Gasteiger partial charge in [0.25, 0.3) is 0 Å². The Morgan fingerprint density at radius 1 is 1.39 bits per heavy atom. The molecule has 0 radical (unpaired) electrons. The molecule has 18 heavy (non-hydrogen) atoms. The summed E-state index contributed by atoms with van der Waals surface area (Å²) in [5.74, 6) is -0.0524. The van der Waals surface area contributed by atoms with E-state index in [0.29, 0.717) is 18.2 Å². The molecular formula is C13H15FN2O2. The SMILES string of the molecule is O=C1OCC(C2CCNC2)N1c1ccccc1F. The maximum Gasteiger partial charge on any atom is 0.414 e. The van der Waals surface area contributed by atoms with Crippen LogP contribution in [0.15, 0.2) is 24.3 Å². The Hall–Kier alpha value is -1.62. The van der Waals surface area contributed by atoms with Crippen molar-refractivity contribution >= 4 is 11.8 Å². The van der Waals surface area contributed by atoms with Gasteiger partial charge in [0.05, 0.1) is 11.7 Å². The molecule has 96 valence electrons. The number of amides is 1. The molecule has 2 fully saturated rings. The highest BCUT2D eigenvalue weighted by atomic mass is 19.1. The van der Waals surface area contributed by atoms with Crippen molar-refractivity contribution in [3.63, 3.8) is 0 Å². The molecule has 0 aliphatic carbocycles. The average molecular weight is 250 g/mol. The second-order valence-corrected chi connectivity index (χ2v) is 4.72. The normalized spacial score (nSPS) is 27.6. The van der Waals surface area contributed by atoms with E-state index < -0.39 is 6.09 Å². The molecule has 1 aromatic carbocycles. The van der Waals surface area contributed by atoms with Gasteiger partial charge in [-0.3, -0.25) is 4.90 Å². The molecule has 2 atom stereocenters. The number of nitrogens with zero attached hydrogens (tertiary/aromatic N) is 1. The van der Waals surface area contributed by atoms with Gasteiger partial charge in [0.1, 0.15) is 12.4 Å². The minimum atomic E-state index is -0.447. The molecule has 0 bridgehead atoms. The Morgan fingerprint density at radius 3 is 2.94 bits per heavy atom. The molecule has 2 heterocycles. The molecule has 1 N–H and O–H groups in total. The Balaban J connectivity index is 1.92. The van der Waals surface area contributed by atoms with Crippen molar-refractivity contribution in [2.24, 2.45) is 5.92 Å². The van der Waals surface area contributed by atoms with Gasteiger partial charge in [-0.05, 0) is 31.0 Å². The van der Waals surface area contributed by atoms with Gasteiger partial charge < -0.3 is 10.1 Å². The number of ether oxygens (including phenoxy) is 1. The van der Waals surface area contributed by atoms with E-state index in [1.165, 1.54) is 11.0 Å². The van der Waals surface area contributed by atoms with E-state index in [1.54, 1.807) is 18.2 Å². The molecule has 0 spiro atoms. The maximum atomic E-state index is 13.8. The van der Waals surface area contributed by atoms with Gasteiger partial charge >= 0.3 is 6.09 Å². The van der Waals surface area contributed by atoms with Crippen LogP contribution in [-0.2, 0) is 4.74 Å². The van der Waals surface area contributed by atoms with Crippen LogP contribution in [0.1, 0.15) is 6.42 Å². The van der Waals surface area contributed by atoms with Crippen LogP contribution < -0.4 is 10.2 Å². The summed E-state index contributed by atoms with van der Waals surface area (Å²) in [6.07, 6.45) is 0.545. The van der Waals surface area contributed by atoms with Crippen LogP contribution in [-0.4, -0.2) is 31.8 Å². The molecule has 3 rings (SSSR count). The standard InChI is InChI=1S/C13H15FN2O2/c14-10-3-1-2-4-11(10)16-12(8-18-13(16)17)9-5-6-15-7-9/h1-4,9,12,15H,5-8H2. The summed E-state index contributed by atoms with van der Waals surface area (Å²) >= 11 is 0. The summed E-state index contributed by atoms with van der Waals surface area (Å²) in [6.45, 7) is 2.15. The van der Waals surface area contributed by atoms with E-state index in [-0.39, 0.29) is 11.9 Å². The van der Waals surface area contributed by atoms with Crippen molar-refractivity contribution in [3.8, 4) is 0 Å². The predicted octanol–water partition coefficient (Wildman–Crippen LogP) is 1.76. The number of cyclic esters (lactones) is 1. The van der Waals surface area contributed by atoms with Crippen LogP contribution in [0.5, 0.6) is 0 Å². The third kappa shape index (κ3) is 1.84. The lowest BCUT2D eigenvalue weighted by Crippen LogP contribution is -2.40. The van der Waals surface area contributed by atoms with Crippen molar-refractivity contribution in [1.82, 2.24) is 5.32 Å². The number of hydrogen-bond donors (Lipinski definition) is 1. The molecule has 1 amide bonds. The van der Waals surface area contributed by atoms with Crippen LogP contribution in [0.4, 0.5) is 14.9 Å². The molecule has 4 nitrogen and oxygen atoms in total. The van der Waals surface area contributed by atoms with E-state index in [2.05, 4.69) is 5.32 Å². The van der Waals surface area contributed by atoms with Gasteiger partial charge in [0.2, 0.25) is 0 Å². The zero-order valence-corrected chi connectivity index (χ0v) is 9.93. The molecule has 0 aromatic heterocycles. The highest BCUT2D eigenvalue weighted by Crippen LogP contribution is 2.31. The van der Waals surface area contributed by atoms with Crippen LogP contribution in [0.3, 0.4) is 0 Å². The fraction of sp³-hybridized carbons (Fsp3) is 0.462. The van der Waals surface area contributed by atoms with Crippen molar-refractivity contribution in [3.05, 3.63) is 30.1 Å². The van der Waals surface area contributed by atoms with Gasteiger partial charge in [-0.15, -0.1) is 0 Å². The average Bonchev–Trinajstić information content (AvgIpc) is 2.99. The lowest BCUT2D eigenvalue weighted by atomic mass is 9.98. The van der Waals surface area contributed by atoms with Crippen molar-refractivity contribution in [1.29, 1.82) is 0 Å². The minimum absolute atomic E-state index is 0.0654. The molecule has 2 unspecified atom stereocenters. The van der Waals surface area contributed by atoms with E-state index in [9.17, 15) is 9.18 Å². The molecule has 2 aliphatic heterocycles. The zero-order chi connectivity index (χ0) is 12.5. The molecule has 2 saturated heterocycles. The molecule has 2 aliphatic rings. The summed E-state index contributed by atoms with van der Waals surface area (Å²) < 4.78 is 18.9. The van der Waals surface area contributed by atoms with Crippen LogP contribution in [0.2, 0.25) is 0 Å². The molecule has 1 aromatic rings. The monoisotopic (exact) mass is 250 g/mol. The third-order valence-corrected chi connectivity index (χ3v) is 3.66. The van der Waals surface area contributed by atoms with Crippen LogP contribution in [0.25, 0.3) is 0 Å². The van der Waals surface area contributed by atoms with Gasteiger partial charge in [-0.25, -0.2) is 9.18 Å². The number of nitrogens with one attached hydrogen (secondary N) is 1. The van der Waals surface area contributed by atoms with Gasteiger partial charge in [-0.1, -0.05) is 12.1 Å². The Bertz CT molecular complexity index is 460. The van der Waals surface area contributed by atoms with Gasteiger partial charge in [0.15, 0.2) is 0 Å². The van der Waals surface area contributed by atoms with Crippen LogP contribution in [0, 0.1) is 11.7 Å². The summed E-state index contributed by atoms with van der Waals surface area (Å²) in [5.41, 5.74) is 0.317. The number of carbonyl (C=O) groups excluding carboxylic acids is 1. The molecule has 5 heteroatoms. The maximum absolute atomic E-state index is 13.8. The lowest BCUT2D eigenvalue weighted by Gasteiger charge is -2.26. The molecule has 0 saturated carbocycles. The Labute approximate surface area is 105 Å². The van der Waals surface area contributed by atoms with Crippen molar-refractivity contribution in [2.45, 2.75) is 12.5 Å². The number of hydrogen-bond acceptors (Lipinski definition) is 3. The summed E-state index contributed by atoms with van der Waals surface area (Å²) in [4.78, 5) is 13.3. The smallest absolute Gasteiger partial charge is 0.414 e. The van der Waals surface area contributed by atoms with E-state index >= 15 is 0 Å². The largest absolute Gasteiger partial charge is 0.447 e. The summed E-state index contributed by atoms with van der Waals surface area (Å²) in [6, 6.07) is 6.27. The highest BCUT2D eigenvalue weighted by Gasteiger charge is 2.41. The Morgan fingerprint density at radius 2 is 2.22 bits per heavy atom. The first-order valence-corrected chi connectivity index (χ1v) is 6.18. The van der Waals surface area contributed by atoms with E-state index in [1.807, 2.05) is 0 Å². The fourth-order valence-electron chi connectivity index (χ4n) is 2.71. The quantitative estimate of drug-likeness (QED) is 0.869. The topological polar surface area (TPSA) is 41.6 Å². The number of carbonyl (C=O) groups is 1. The highest BCUT2D eigenvalue weighted by molar-refractivity contribution is 5.90. The second-order valence-electron chi connectivity index (χ2n) is 4.72. The number of benzene rings is 1. The summed E-state index contributed by atoms with van der Waals surface area (Å²) in [7, 11) is 0. The van der Waals surface area contributed by atoms with Gasteiger partial charge in [0, 0.05) is 6.54 Å².